The fraction of sp³-hybridized carbons (Fsp3) is 0.0172. The predicted octanol–water partition coefficient (Wildman–Crippen LogP) is 14.4. The van der Waals surface area contributed by atoms with Crippen molar-refractivity contribution >= 4 is 21.9 Å². The van der Waals surface area contributed by atoms with Crippen molar-refractivity contribution in [3.8, 4) is 78.7 Å². The summed E-state index contributed by atoms with van der Waals surface area (Å²) in [6.07, 6.45) is 0. The highest BCUT2D eigenvalue weighted by Crippen LogP contribution is 2.63. The molecule has 9 aromatic carbocycles. The van der Waals surface area contributed by atoms with Crippen LogP contribution in [0.3, 0.4) is 0 Å². The zero-order valence-corrected chi connectivity index (χ0v) is 33.5. The summed E-state index contributed by atoms with van der Waals surface area (Å²) in [5.41, 5.74) is 18.7. The van der Waals surface area contributed by atoms with Crippen molar-refractivity contribution in [2.45, 2.75) is 5.41 Å². The van der Waals surface area contributed by atoms with E-state index in [0.717, 1.165) is 60.9 Å². The van der Waals surface area contributed by atoms with Crippen LogP contribution in [0, 0.1) is 0 Å². The Balaban J connectivity index is 0.990. The van der Waals surface area contributed by atoms with Gasteiger partial charge in [-0.05, 0) is 79.4 Å². The average molecular weight is 790 g/mol. The first-order chi connectivity index (χ1) is 30.7. The number of fused-ring (bicyclic) bond motifs is 13. The van der Waals surface area contributed by atoms with E-state index in [9.17, 15) is 0 Å². The van der Waals surface area contributed by atoms with Crippen LogP contribution in [-0.4, -0.2) is 15.0 Å². The van der Waals surface area contributed by atoms with Gasteiger partial charge in [-0.2, -0.15) is 0 Å². The van der Waals surface area contributed by atoms with Gasteiger partial charge in [0.05, 0.1) is 5.41 Å². The normalized spacial score (nSPS) is 13.0. The second-order valence-electron chi connectivity index (χ2n) is 16.2. The number of hydrogen-bond acceptors (Lipinski definition) is 4. The molecule has 62 heavy (non-hydrogen) atoms. The topological polar surface area (TPSA) is 51.8 Å². The van der Waals surface area contributed by atoms with Crippen molar-refractivity contribution < 1.29 is 4.42 Å². The Morgan fingerprint density at radius 2 is 0.774 bits per heavy atom. The zero-order chi connectivity index (χ0) is 40.8. The summed E-state index contributed by atoms with van der Waals surface area (Å²) in [7, 11) is 0. The van der Waals surface area contributed by atoms with Crippen LogP contribution in [0.1, 0.15) is 22.3 Å². The minimum absolute atomic E-state index is 0.442. The standard InChI is InChI=1S/C58H35N3O/c1-2-16-36(17-3-1)55-59-56(39-19-14-18-37(34-39)41-26-15-27-47-46-24-9-13-31-53(46)62-54(41)47)61-57(60-55)48-25-5-4-20-40(48)38-32-33-45-44-23-8-12-30-51(44)58(52(45)35-38)49-28-10-6-21-42(49)43-22-7-11-29-50(43)58/h1-35H. The molecular weight excluding hydrogens is 755 g/mol. The lowest BCUT2D eigenvalue weighted by atomic mass is 9.70. The molecule has 0 amide bonds. The van der Waals surface area contributed by atoms with E-state index >= 15 is 0 Å². The second kappa shape index (κ2) is 13.4. The summed E-state index contributed by atoms with van der Waals surface area (Å²) in [6, 6.07) is 75.6. The van der Waals surface area contributed by atoms with Crippen molar-refractivity contribution in [3.05, 3.63) is 235 Å². The third-order valence-corrected chi connectivity index (χ3v) is 13.0. The van der Waals surface area contributed by atoms with Gasteiger partial charge >= 0.3 is 0 Å². The Kier molecular flexibility index (Phi) is 7.49. The molecule has 13 rings (SSSR count). The zero-order valence-electron chi connectivity index (χ0n) is 33.5. The number of furan rings is 1. The number of hydrogen-bond donors (Lipinski definition) is 0. The molecule has 0 radical (unpaired) electrons. The lowest BCUT2D eigenvalue weighted by Gasteiger charge is -2.30. The summed E-state index contributed by atoms with van der Waals surface area (Å²) in [4.78, 5) is 15.7. The van der Waals surface area contributed by atoms with Crippen molar-refractivity contribution in [3.63, 3.8) is 0 Å². The molecule has 288 valence electrons. The lowest BCUT2D eigenvalue weighted by molar-refractivity contribution is 0.670. The molecule has 0 fully saturated rings. The molecule has 2 aromatic heterocycles. The average Bonchev–Trinajstić information content (AvgIpc) is 3.98. The molecule has 2 aliphatic rings. The molecule has 11 aromatic rings. The molecule has 0 aliphatic heterocycles. The van der Waals surface area contributed by atoms with Crippen molar-refractivity contribution in [1.82, 2.24) is 15.0 Å². The minimum Gasteiger partial charge on any atom is -0.455 e. The van der Waals surface area contributed by atoms with Crippen molar-refractivity contribution in [2.75, 3.05) is 0 Å². The van der Waals surface area contributed by atoms with E-state index in [4.69, 9.17) is 19.4 Å². The fourth-order valence-corrected chi connectivity index (χ4v) is 10.3. The fourth-order valence-electron chi connectivity index (χ4n) is 10.3. The van der Waals surface area contributed by atoms with Gasteiger partial charge in [0.15, 0.2) is 17.5 Å². The maximum Gasteiger partial charge on any atom is 0.164 e. The highest BCUT2D eigenvalue weighted by molar-refractivity contribution is 6.09. The van der Waals surface area contributed by atoms with E-state index in [0.29, 0.717) is 17.5 Å². The largest absolute Gasteiger partial charge is 0.455 e. The summed E-state index contributed by atoms with van der Waals surface area (Å²) in [5, 5.41) is 2.20. The Labute approximate surface area is 358 Å². The van der Waals surface area contributed by atoms with E-state index in [1.165, 1.54) is 44.5 Å². The van der Waals surface area contributed by atoms with Crippen molar-refractivity contribution in [2.24, 2.45) is 0 Å². The van der Waals surface area contributed by atoms with Crippen LogP contribution in [-0.2, 0) is 5.41 Å². The summed E-state index contributed by atoms with van der Waals surface area (Å²) >= 11 is 0. The van der Waals surface area contributed by atoms with Gasteiger partial charge in [-0.1, -0.05) is 194 Å². The van der Waals surface area contributed by atoms with Gasteiger partial charge in [0, 0.05) is 33.0 Å². The molecule has 0 N–H and O–H groups in total. The molecule has 2 aliphatic carbocycles. The van der Waals surface area contributed by atoms with Crippen LogP contribution < -0.4 is 0 Å². The first-order valence-electron chi connectivity index (χ1n) is 21.1. The van der Waals surface area contributed by atoms with Crippen LogP contribution in [0.2, 0.25) is 0 Å². The van der Waals surface area contributed by atoms with Gasteiger partial charge in [0.2, 0.25) is 0 Å². The van der Waals surface area contributed by atoms with Crippen molar-refractivity contribution in [1.29, 1.82) is 0 Å². The van der Waals surface area contributed by atoms with E-state index in [-0.39, 0.29) is 0 Å². The lowest BCUT2D eigenvalue weighted by Crippen LogP contribution is -2.25. The smallest absolute Gasteiger partial charge is 0.164 e. The van der Waals surface area contributed by atoms with Gasteiger partial charge in [0.1, 0.15) is 11.2 Å². The first-order valence-corrected chi connectivity index (χ1v) is 21.1. The highest BCUT2D eigenvalue weighted by Gasteiger charge is 2.51. The Bertz CT molecular complexity index is 3540. The third-order valence-electron chi connectivity index (χ3n) is 13.0. The monoisotopic (exact) mass is 789 g/mol. The first kappa shape index (κ1) is 34.6. The van der Waals surface area contributed by atoms with Gasteiger partial charge in [-0.15, -0.1) is 0 Å². The molecule has 2 heterocycles. The minimum atomic E-state index is -0.442. The van der Waals surface area contributed by atoms with E-state index in [1.54, 1.807) is 0 Å². The van der Waals surface area contributed by atoms with Crippen LogP contribution in [0.25, 0.3) is 101 Å². The Hall–Kier alpha value is -8.21. The Morgan fingerprint density at radius 3 is 1.50 bits per heavy atom. The van der Waals surface area contributed by atoms with Crippen LogP contribution in [0.5, 0.6) is 0 Å². The number of aromatic nitrogens is 3. The maximum atomic E-state index is 6.46. The number of benzene rings is 9. The predicted molar refractivity (Wildman–Crippen MR) is 251 cm³/mol. The van der Waals surface area contributed by atoms with Crippen LogP contribution in [0.15, 0.2) is 217 Å². The van der Waals surface area contributed by atoms with Crippen LogP contribution >= 0.6 is 0 Å². The molecule has 0 unspecified atom stereocenters. The second-order valence-corrected chi connectivity index (χ2v) is 16.2. The van der Waals surface area contributed by atoms with Gasteiger partial charge in [-0.25, -0.2) is 15.0 Å². The van der Waals surface area contributed by atoms with Gasteiger partial charge < -0.3 is 4.42 Å². The number of nitrogens with zero attached hydrogens (tertiary/aromatic N) is 3. The molecule has 0 saturated carbocycles. The van der Waals surface area contributed by atoms with E-state index in [1.807, 2.05) is 30.3 Å². The molecule has 4 nitrogen and oxygen atoms in total. The van der Waals surface area contributed by atoms with Gasteiger partial charge in [-0.3, -0.25) is 0 Å². The molecule has 1 spiro atoms. The summed E-state index contributed by atoms with van der Waals surface area (Å²) in [6.45, 7) is 0. The van der Waals surface area contributed by atoms with Gasteiger partial charge in [0.25, 0.3) is 0 Å². The summed E-state index contributed by atoms with van der Waals surface area (Å²) in [5.74, 6) is 1.84. The van der Waals surface area contributed by atoms with E-state index < -0.39 is 5.41 Å². The number of rotatable bonds is 5. The SMILES string of the molecule is c1ccc(-c2nc(-c3cccc(-c4cccc5c4oc4ccccc45)c3)nc(-c3ccccc3-c3ccc4c(c3)C3(c5ccccc5-c5ccccc53)c3ccccc3-4)n2)cc1. The van der Waals surface area contributed by atoms with Crippen LogP contribution in [0.4, 0.5) is 0 Å². The molecule has 0 saturated heterocycles. The Morgan fingerprint density at radius 1 is 0.290 bits per heavy atom. The molecule has 0 atom stereocenters. The highest BCUT2D eigenvalue weighted by atomic mass is 16.3. The molecule has 4 heteroatoms. The maximum absolute atomic E-state index is 6.46. The van der Waals surface area contributed by atoms with E-state index in [2.05, 4.69) is 182 Å². The molecular formula is C58H35N3O. The number of para-hydroxylation sites is 2. The summed E-state index contributed by atoms with van der Waals surface area (Å²) < 4.78 is 6.46. The quantitative estimate of drug-likeness (QED) is 0.174. The third kappa shape index (κ3) is 4.98. The molecule has 0 bridgehead atoms.